The van der Waals surface area contributed by atoms with E-state index in [0.29, 0.717) is 68.6 Å². The smallest absolute Gasteiger partial charge is 0.423 e. The SMILES string of the molecule is CCCCCCP(=O)(OCCCC)Oc1ccccc1Cl.CCCCOP(=O)(CC)Oc1ccccc1Cl.CCP(=O)(Oc1ccccc1Cl)Oc1ccccc1Cl. The number of unbranched alkanes of at least 4 members (excludes halogenated alkanes) is 5. The number of rotatable bonds is 23. The fourth-order valence-electron chi connectivity index (χ4n) is 4.57. The van der Waals surface area contributed by atoms with E-state index < -0.39 is 22.8 Å². The average molecular weight is 941 g/mol. The summed E-state index contributed by atoms with van der Waals surface area (Å²) in [4.78, 5) is 0. The fraction of sp³-hybridized carbons (Fsp3) is 0.429. The Morgan fingerprint density at radius 2 is 0.707 bits per heavy atom. The van der Waals surface area contributed by atoms with Gasteiger partial charge in [0.1, 0.15) is 23.0 Å². The third kappa shape index (κ3) is 19.9. The molecule has 0 saturated carbocycles. The predicted octanol–water partition coefficient (Wildman–Crippen LogP) is 16.7. The van der Waals surface area contributed by atoms with Gasteiger partial charge in [-0.05, 0) is 67.8 Å². The summed E-state index contributed by atoms with van der Waals surface area (Å²) in [5.41, 5.74) is 0. The summed E-state index contributed by atoms with van der Waals surface area (Å²) in [6, 6.07) is 27.7. The molecule has 0 bridgehead atoms. The fourth-order valence-corrected chi connectivity index (χ4v) is 9.68. The molecule has 0 spiro atoms. The molecule has 0 N–H and O–H groups in total. The lowest BCUT2D eigenvalue weighted by Crippen LogP contribution is -2.04. The zero-order chi connectivity index (χ0) is 42.9. The Morgan fingerprint density at radius 1 is 0.397 bits per heavy atom. The van der Waals surface area contributed by atoms with Crippen molar-refractivity contribution in [3.05, 3.63) is 117 Å². The molecule has 0 aliphatic carbocycles. The minimum absolute atomic E-state index is 0.198. The van der Waals surface area contributed by atoms with E-state index in [9.17, 15) is 13.7 Å². The van der Waals surface area contributed by atoms with Crippen LogP contribution in [-0.4, -0.2) is 31.7 Å². The number of para-hydroxylation sites is 4. The van der Waals surface area contributed by atoms with Crippen molar-refractivity contribution >= 4 is 69.2 Å². The Bertz CT molecular complexity index is 1870. The van der Waals surface area contributed by atoms with Gasteiger partial charge in [-0.1, -0.05) is 162 Å². The normalized spacial score (nSPS) is 13.1. The maximum Gasteiger partial charge on any atom is 0.430 e. The lowest BCUT2D eigenvalue weighted by molar-refractivity contribution is 0.259. The lowest BCUT2D eigenvalue weighted by atomic mass is 10.2. The van der Waals surface area contributed by atoms with E-state index >= 15 is 0 Å². The van der Waals surface area contributed by atoms with Crippen molar-refractivity contribution in [2.75, 3.05) is 31.7 Å². The molecule has 0 radical (unpaired) electrons. The minimum atomic E-state index is -3.37. The molecule has 0 amide bonds. The molecular weight excluding hydrogens is 883 g/mol. The molecule has 322 valence electrons. The summed E-state index contributed by atoms with van der Waals surface area (Å²) in [7, 11) is -9.55. The molecule has 0 aromatic heterocycles. The number of hydrogen-bond donors (Lipinski definition) is 0. The highest BCUT2D eigenvalue weighted by Crippen LogP contribution is 2.52. The summed E-state index contributed by atoms with van der Waals surface area (Å²) >= 11 is 24.0. The Balaban J connectivity index is 0.000000302. The minimum Gasteiger partial charge on any atom is -0.423 e. The van der Waals surface area contributed by atoms with Crippen LogP contribution in [0.15, 0.2) is 97.1 Å². The van der Waals surface area contributed by atoms with Crippen LogP contribution in [0, 0.1) is 0 Å². The molecule has 0 fully saturated rings. The number of hydrogen-bond acceptors (Lipinski definition) is 9. The first-order valence-electron chi connectivity index (χ1n) is 19.6. The molecule has 58 heavy (non-hydrogen) atoms. The van der Waals surface area contributed by atoms with Crippen LogP contribution in [0.25, 0.3) is 0 Å². The molecular formula is C42H57Cl4O9P3. The van der Waals surface area contributed by atoms with E-state index in [1.807, 2.05) is 12.1 Å². The Labute approximate surface area is 365 Å². The van der Waals surface area contributed by atoms with Crippen molar-refractivity contribution in [2.24, 2.45) is 0 Å². The molecule has 0 heterocycles. The maximum atomic E-state index is 12.9. The predicted molar refractivity (Wildman–Crippen MR) is 243 cm³/mol. The molecule has 2 atom stereocenters. The van der Waals surface area contributed by atoms with E-state index in [1.54, 1.807) is 98.8 Å². The molecule has 0 aliphatic rings. The first-order chi connectivity index (χ1) is 27.8. The monoisotopic (exact) mass is 938 g/mol. The molecule has 4 aromatic carbocycles. The maximum absolute atomic E-state index is 12.9. The van der Waals surface area contributed by atoms with Crippen molar-refractivity contribution in [3.8, 4) is 23.0 Å². The van der Waals surface area contributed by atoms with Gasteiger partial charge < -0.3 is 18.1 Å². The molecule has 16 heteroatoms. The molecule has 4 aromatic rings. The topological polar surface area (TPSA) is 107 Å². The summed E-state index contributed by atoms with van der Waals surface area (Å²) in [6.07, 6.45) is 8.91. The highest BCUT2D eigenvalue weighted by atomic mass is 35.5. The zero-order valence-electron chi connectivity index (χ0n) is 34.0. The van der Waals surface area contributed by atoms with Gasteiger partial charge in [0, 0.05) is 0 Å². The largest absolute Gasteiger partial charge is 0.430 e. The van der Waals surface area contributed by atoms with Crippen LogP contribution in [0.2, 0.25) is 20.1 Å². The zero-order valence-corrected chi connectivity index (χ0v) is 39.7. The second kappa shape index (κ2) is 28.4. The first-order valence-corrected chi connectivity index (χ1v) is 26.3. The lowest BCUT2D eigenvalue weighted by Gasteiger charge is -2.20. The van der Waals surface area contributed by atoms with Crippen molar-refractivity contribution in [3.63, 3.8) is 0 Å². The van der Waals surface area contributed by atoms with Gasteiger partial charge in [0.05, 0.1) is 51.8 Å². The van der Waals surface area contributed by atoms with Crippen molar-refractivity contribution in [1.82, 2.24) is 0 Å². The Morgan fingerprint density at radius 3 is 1.03 bits per heavy atom. The highest BCUT2D eigenvalue weighted by Gasteiger charge is 2.28. The van der Waals surface area contributed by atoms with Gasteiger partial charge in [-0.15, -0.1) is 0 Å². The van der Waals surface area contributed by atoms with E-state index in [1.165, 1.54) is 0 Å². The third-order valence-electron chi connectivity index (χ3n) is 7.93. The second-order valence-corrected chi connectivity index (χ2v) is 21.0. The average Bonchev–Trinajstić information content (AvgIpc) is 3.21. The summed E-state index contributed by atoms with van der Waals surface area (Å²) in [6.45, 7) is 10.7. The van der Waals surface area contributed by atoms with Crippen LogP contribution < -0.4 is 18.1 Å². The summed E-state index contributed by atoms with van der Waals surface area (Å²) in [5, 5.41) is 1.67. The molecule has 0 saturated heterocycles. The van der Waals surface area contributed by atoms with Crippen LogP contribution in [0.4, 0.5) is 0 Å². The van der Waals surface area contributed by atoms with E-state index in [0.717, 1.165) is 51.4 Å². The molecule has 0 aliphatic heterocycles. The van der Waals surface area contributed by atoms with Crippen LogP contribution in [0.5, 0.6) is 23.0 Å². The van der Waals surface area contributed by atoms with Gasteiger partial charge in [0.2, 0.25) is 0 Å². The van der Waals surface area contributed by atoms with E-state index in [-0.39, 0.29) is 6.16 Å². The highest BCUT2D eigenvalue weighted by molar-refractivity contribution is 7.55. The van der Waals surface area contributed by atoms with Crippen LogP contribution in [0.3, 0.4) is 0 Å². The summed E-state index contributed by atoms with van der Waals surface area (Å²) < 4.78 is 70.8. The van der Waals surface area contributed by atoms with Crippen LogP contribution in [-0.2, 0) is 22.7 Å². The number of halogens is 4. The van der Waals surface area contributed by atoms with Gasteiger partial charge in [0.25, 0.3) is 0 Å². The van der Waals surface area contributed by atoms with Crippen molar-refractivity contribution in [2.45, 2.75) is 86.0 Å². The standard InChI is InChI=1S/C16H26ClO3P.C14H13Cl2O3P.C12H18ClO3P/c1-3-5-7-10-14-21(18,19-13-6-4-2)20-16-12-9-8-11-15(16)17;1-2-20(17,18-13-9-5-3-7-11(13)15)19-14-10-6-4-8-12(14)16;1-3-5-10-15-17(14,4-2)16-12-9-7-6-8-11(12)13/h8-9,11-12H,3-7,10,13-14H2,1-2H3;3-10H,2H2,1H3;6-9H,3-5,10H2,1-2H3. The van der Waals surface area contributed by atoms with Gasteiger partial charge >= 0.3 is 22.8 Å². The van der Waals surface area contributed by atoms with E-state index in [4.69, 9.17) is 73.5 Å². The Kier molecular flexibility index (Phi) is 25.4. The van der Waals surface area contributed by atoms with Crippen molar-refractivity contribution in [1.29, 1.82) is 0 Å². The Hall–Kier alpha value is -2.15. The second-order valence-electron chi connectivity index (χ2n) is 12.7. The number of benzene rings is 4. The third-order valence-corrected chi connectivity index (χ3v) is 14.6. The quantitative estimate of drug-likeness (QED) is 0.0531. The van der Waals surface area contributed by atoms with Crippen LogP contribution in [0.1, 0.15) is 86.0 Å². The van der Waals surface area contributed by atoms with Gasteiger partial charge in [-0.3, -0.25) is 9.05 Å². The first kappa shape index (κ1) is 52.0. The molecule has 2 unspecified atom stereocenters. The molecule has 4 rings (SSSR count). The van der Waals surface area contributed by atoms with Gasteiger partial charge in [-0.2, -0.15) is 0 Å². The van der Waals surface area contributed by atoms with Gasteiger partial charge in [0.15, 0.2) is 0 Å². The molecule has 9 nitrogen and oxygen atoms in total. The summed E-state index contributed by atoms with van der Waals surface area (Å²) in [5.74, 6) is 1.50. The van der Waals surface area contributed by atoms with Gasteiger partial charge in [-0.25, -0.2) is 13.7 Å². The van der Waals surface area contributed by atoms with Crippen molar-refractivity contribution < 1.29 is 40.8 Å². The van der Waals surface area contributed by atoms with E-state index in [2.05, 4.69) is 20.8 Å². The van der Waals surface area contributed by atoms with Crippen LogP contribution >= 0.6 is 69.2 Å².